The summed E-state index contributed by atoms with van der Waals surface area (Å²) in [6, 6.07) is 6.53. The molecule has 19 heavy (non-hydrogen) atoms. The zero-order valence-corrected chi connectivity index (χ0v) is 11.0. The third-order valence-electron chi connectivity index (χ3n) is 3.58. The lowest BCUT2D eigenvalue weighted by Crippen LogP contribution is -2.50. The minimum Gasteiger partial charge on any atom is -0.366 e. The molecule has 0 saturated carbocycles. The van der Waals surface area contributed by atoms with Gasteiger partial charge < -0.3 is 16.4 Å². The van der Waals surface area contributed by atoms with Crippen LogP contribution in [-0.4, -0.2) is 30.9 Å². The highest BCUT2D eigenvalue weighted by atomic mass is 16.2. The molecule has 0 aliphatic carbocycles. The number of piperidine rings is 1. The summed E-state index contributed by atoms with van der Waals surface area (Å²) < 4.78 is 0. The number of rotatable bonds is 3. The van der Waals surface area contributed by atoms with E-state index < -0.39 is 5.91 Å². The summed E-state index contributed by atoms with van der Waals surface area (Å²) in [6.07, 6.45) is 1.06. The molecular formula is C14H19N3O2. The van der Waals surface area contributed by atoms with Crippen LogP contribution in [0.3, 0.4) is 0 Å². The van der Waals surface area contributed by atoms with E-state index in [-0.39, 0.29) is 11.9 Å². The third-order valence-corrected chi connectivity index (χ3v) is 3.58. The predicted octanol–water partition coefficient (Wildman–Crippen LogP) is 0.513. The van der Waals surface area contributed by atoms with Crippen LogP contribution < -0.4 is 16.4 Å². The molecule has 1 aromatic carbocycles. The van der Waals surface area contributed by atoms with Gasteiger partial charge in [-0.3, -0.25) is 9.59 Å². The minimum absolute atomic E-state index is 0.114. The van der Waals surface area contributed by atoms with Crippen molar-refractivity contribution >= 4 is 11.8 Å². The fraction of sp³-hybridized carbons (Fsp3) is 0.429. The van der Waals surface area contributed by atoms with Crippen molar-refractivity contribution in [3.8, 4) is 0 Å². The van der Waals surface area contributed by atoms with E-state index in [1.807, 2.05) is 0 Å². The highest BCUT2D eigenvalue weighted by Gasteiger charge is 2.22. The Hall–Kier alpha value is -1.88. The zero-order chi connectivity index (χ0) is 13.8. The molecule has 1 fully saturated rings. The summed E-state index contributed by atoms with van der Waals surface area (Å²) in [4.78, 5) is 23.0. The third kappa shape index (κ3) is 3.32. The fourth-order valence-electron chi connectivity index (χ4n) is 2.22. The number of nitrogens with two attached hydrogens (primary N) is 1. The smallest absolute Gasteiger partial charge is 0.251 e. The van der Waals surface area contributed by atoms with E-state index in [0.717, 1.165) is 19.5 Å². The van der Waals surface area contributed by atoms with Gasteiger partial charge in [-0.05, 0) is 43.1 Å². The number of benzene rings is 1. The Kier molecular flexibility index (Phi) is 4.16. The molecule has 1 aliphatic heterocycles. The molecule has 1 aromatic rings. The van der Waals surface area contributed by atoms with E-state index in [0.29, 0.717) is 17.0 Å². The van der Waals surface area contributed by atoms with Crippen molar-refractivity contribution < 1.29 is 9.59 Å². The number of hydrogen-bond acceptors (Lipinski definition) is 3. The van der Waals surface area contributed by atoms with Crippen LogP contribution in [0, 0.1) is 5.92 Å². The number of nitrogens with one attached hydrogen (secondary N) is 2. The van der Waals surface area contributed by atoms with Gasteiger partial charge in [0, 0.05) is 23.7 Å². The Labute approximate surface area is 112 Å². The van der Waals surface area contributed by atoms with Gasteiger partial charge in [0.05, 0.1) is 0 Å². The van der Waals surface area contributed by atoms with Gasteiger partial charge in [-0.15, -0.1) is 0 Å². The van der Waals surface area contributed by atoms with E-state index >= 15 is 0 Å². The Morgan fingerprint density at radius 3 is 2.47 bits per heavy atom. The highest BCUT2D eigenvalue weighted by molar-refractivity contribution is 5.97. The maximum atomic E-state index is 12.1. The first kappa shape index (κ1) is 13.5. The van der Waals surface area contributed by atoms with Crippen LogP contribution in [0.4, 0.5) is 0 Å². The maximum Gasteiger partial charge on any atom is 0.251 e. The lowest BCUT2D eigenvalue weighted by molar-refractivity contribution is 0.0913. The summed E-state index contributed by atoms with van der Waals surface area (Å²) in [5, 5.41) is 6.29. The van der Waals surface area contributed by atoms with Crippen molar-refractivity contribution in [1.29, 1.82) is 0 Å². The average molecular weight is 261 g/mol. The van der Waals surface area contributed by atoms with E-state index in [1.165, 1.54) is 0 Å². The van der Waals surface area contributed by atoms with Gasteiger partial charge in [0.2, 0.25) is 5.91 Å². The van der Waals surface area contributed by atoms with Gasteiger partial charge in [0.25, 0.3) is 5.91 Å². The van der Waals surface area contributed by atoms with Crippen molar-refractivity contribution in [2.75, 3.05) is 13.1 Å². The van der Waals surface area contributed by atoms with Gasteiger partial charge in [-0.1, -0.05) is 6.92 Å². The zero-order valence-electron chi connectivity index (χ0n) is 11.0. The fourth-order valence-corrected chi connectivity index (χ4v) is 2.22. The number of hydrogen-bond donors (Lipinski definition) is 3. The molecule has 2 rings (SSSR count). The molecule has 5 heteroatoms. The van der Waals surface area contributed by atoms with Crippen molar-refractivity contribution in [2.45, 2.75) is 19.4 Å². The lowest BCUT2D eigenvalue weighted by atomic mass is 9.94. The minimum atomic E-state index is -0.489. The second kappa shape index (κ2) is 5.84. The molecule has 2 atom stereocenters. The van der Waals surface area contributed by atoms with Gasteiger partial charge >= 0.3 is 0 Å². The lowest BCUT2D eigenvalue weighted by Gasteiger charge is -2.30. The number of amides is 2. The molecule has 0 aromatic heterocycles. The first-order valence-electron chi connectivity index (χ1n) is 6.49. The van der Waals surface area contributed by atoms with Gasteiger partial charge in [-0.2, -0.15) is 0 Å². The van der Waals surface area contributed by atoms with Gasteiger partial charge in [0.1, 0.15) is 0 Å². The molecular weight excluding hydrogens is 242 g/mol. The van der Waals surface area contributed by atoms with Crippen molar-refractivity contribution in [3.63, 3.8) is 0 Å². The number of primary amides is 1. The van der Waals surface area contributed by atoms with Crippen LogP contribution in [0.25, 0.3) is 0 Å². The summed E-state index contributed by atoms with van der Waals surface area (Å²) >= 11 is 0. The van der Waals surface area contributed by atoms with Crippen molar-refractivity contribution in [3.05, 3.63) is 35.4 Å². The van der Waals surface area contributed by atoms with E-state index in [1.54, 1.807) is 24.3 Å². The highest BCUT2D eigenvalue weighted by Crippen LogP contribution is 2.12. The Morgan fingerprint density at radius 2 is 1.89 bits per heavy atom. The molecule has 2 unspecified atom stereocenters. The van der Waals surface area contributed by atoms with Crippen LogP contribution in [-0.2, 0) is 0 Å². The van der Waals surface area contributed by atoms with Gasteiger partial charge in [-0.25, -0.2) is 0 Å². The second-order valence-electron chi connectivity index (χ2n) is 4.99. The van der Waals surface area contributed by atoms with Crippen LogP contribution in [0.5, 0.6) is 0 Å². The molecule has 0 bridgehead atoms. The molecule has 1 saturated heterocycles. The Morgan fingerprint density at radius 1 is 1.26 bits per heavy atom. The second-order valence-corrected chi connectivity index (χ2v) is 4.99. The largest absolute Gasteiger partial charge is 0.366 e. The predicted molar refractivity (Wildman–Crippen MR) is 72.9 cm³/mol. The maximum absolute atomic E-state index is 12.1. The number of carbonyl (C=O) groups excluding carboxylic acids is 2. The topological polar surface area (TPSA) is 84.2 Å². The van der Waals surface area contributed by atoms with E-state index in [4.69, 9.17) is 5.73 Å². The summed E-state index contributed by atoms with van der Waals surface area (Å²) in [5.41, 5.74) is 6.11. The monoisotopic (exact) mass is 261 g/mol. The molecule has 4 N–H and O–H groups in total. The van der Waals surface area contributed by atoms with Crippen LogP contribution >= 0.6 is 0 Å². The number of carbonyl (C=O) groups is 2. The first-order chi connectivity index (χ1) is 9.08. The summed E-state index contributed by atoms with van der Waals surface area (Å²) in [5.74, 6) is -0.135. The van der Waals surface area contributed by atoms with Crippen molar-refractivity contribution in [1.82, 2.24) is 10.6 Å². The van der Waals surface area contributed by atoms with Crippen LogP contribution in [0.15, 0.2) is 24.3 Å². The van der Waals surface area contributed by atoms with Crippen LogP contribution in [0.2, 0.25) is 0 Å². The molecule has 102 valence electrons. The van der Waals surface area contributed by atoms with Crippen LogP contribution in [0.1, 0.15) is 34.1 Å². The Balaban J connectivity index is 2.01. The average Bonchev–Trinajstić information content (AvgIpc) is 2.41. The Bertz CT molecular complexity index is 470. The normalized spacial score (nSPS) is 22.8. The molecule has 5 nitrogen and oxygen atoms in total. The van der Waals surface area contributed by atoms with E-state index in [9.17, 15) is 9.59 Å². The molecule has 1 aliphatic rings. The molecule has 0 spiro atoms. The first-order valence-corrected chi connectivity index (χ1v) is 6.49. The quantitative estimate of drug-likeness (QED) is 0.741. The molecule has 0 radical (unpaired) electrons. The molecule has 2 amide bonds. The van der Waals surface area contributed by atoms with Gasteiger partial charge in [0.15, 0.2) is 0 Å². The summed E-state index contributed by atoms with van der Waals surface area (Å²) in [6.45, 7) is 3.94. The van der Waals surface area contributed by atoms with Crippen molar-refractivity contribution in [2.24, 2.45) is 11.7 Å². The molecule has 1 heterocycles. The standard InChI is InChI=1S/C14H19N3O2/c1-9-6-7-16-8-12(9)17-14(19)11-4-2-10(3-5-11)13(15)18/h2-5,9,12,16H,6-8H2,1H3,(H2,15,18)(H,17,19). The van der Waals surface area contributed by atoms with E-state index in [2.05, 4.69) is 17.6 Å². The summed E-state index contributed by atoms with van der Waals surface area (Å²) in [7, 11) is 0. The SMILES string of the molecule is CC1CCNCC1NC(=O)c1ccc(C(N)=O)cc1.